The zero-order valence-corrected chi connectivity index (χ0v) is 27.3. The maximum absolute atomic E-state index is 6.55. The first kappa shape index (κ1) is 32.5. The Morgan fingerprint density at radius 1 is 0.447 bits per heavy atom. The van der Waals surface area contributed by atoms with Crippen molar-refractivity contribution in [3.05, 3.63) is 105 Å². The molecule has 0 radical (unpaired) electrons. The number of nitrogens with two attached hydrogens (primary N) is 2. The molecule has 10 bridgehead atoms. The molecule has 248 valence electrons. The van der Waals surface area contributed by atoms with Gasteiger partial charge in [0.15, 0.2) is 0 Å². The lowest BCUT2D eigenvalue weighted by atomic mass is 9.91. The Kier molecular flexibility index (Phi) is 10.7. The van der Waals surface area contributed by atoms with Crippen molar-refractivity contribution in [2.24, 2.45) is 0 Å². The van der Waals surface area contributed by atoms with E-state index >= 15 is 0 Å². The van der Waals surface area contributed by atoms with Crippen molar-refractivity contribution < 1.29 is 33.2 Å². The highest BCUT2D eigenvalue weighted by Crippen LogP contribution is 2.40. The van der Waals surface area contributed by atoms with Gasteiger partial charge in [-0.15, -0.1) is 0 Å². The molecule has 4 N–H and O–H groups in total. The predicted molar refractivity (Wildman–Crippen MR) is 182 cm³/mol. The molecule has 0 aromatic heterocycles. The van der Waals surface area contributed by atoms with Crippen LogP contribution >= 0.6 is 0 Å². The van der Waals surface area contributed by atoms with Crippen molar-refractivity contribution in [1.29, 1.82) is 0 Å². The number of fused-ring (bicyclic) bond motifs is 2. The van der Waals surface area contributed by atoms with Crippen LogP contribution in [-0.4, -0.2) is 67.1 Å². The van der Waals surface area contributed by atoms with Gasteiger partial charge in [0.05, 0.1) is 53.9 Å². The molecule has 0 unspecified atom stereocenters. The van der Waals surface area contributed by atoms with E-state index in [4.69, 9.17) is 44.6 Å². The summed E-state index contributed by atoms with van der Waals surface area (Å²) in [6.45, 7) is 3.48. The number of hydrogen-bond donors (Lipinski definition) is 2. The summed E-state index contributed by atoms with van der Waals surface area (Å²) < 4.78 is 42.6. The molecule has 4 aromatic carbocycles. The summed E-state index contributed by atoms with van der Waals surface area (Å²) in [7, 11) is 3.42. The second-order valence-corrected chi connectivity index (χ2v) is 11.8. The Labute approximate surface area is 276 Å². The first-order valence-electron chi connectivity index (χ1n) is 16.1. The van der Waals surface area contributed by atoms with Crippen LogP contribution in [0.15, 0.2) is 60.7 Å². The second kappa shape index (κ2) is 15.4. The Hall–Kier alpha value is -4.44. The molecule has 2 aliphatic rings. The molecule has 1 heterocycles. The monoisotopic (exact) mass is 640 g/mol. The van der Waals surface area contributed by atoms with Crippen LogP contribution in [0.2, 0.25) is 0 Å². The average Bonchev–Trinajstić information content (AvgIpc) is 3.04. The van der Waals surface area contributed by atoms with Gasteiger partial charge < -0.3 is 44.6 Å². The van der Waals surface area contributed by atoms with E-state index in [0.29, 0.717) is 89.9 Å². The highest BCUT2D eigenvalue weighted by molar-refractivity contribution is 5.61. The molecule has 47 heavy (non-hydrogen) atoms. The Bertz CT molecular complexity index is 1480. The molecule has 0 atom stereocenters. The van der Waals surface area contributed by atoms with Crippen LogP contribution in [0.3, 0.4) is 0 Å². The summed E-state index contributed by atoms with van der Waals surface area (Å²) in [6, 6.07) is 20.5. The zero-order valence-electron chi connectivity index (χ0n) is 27.3. The fourth-order valence-corrected chi connectivity index (χ4v) is 6.58. The van der Waals surface area contributed by atoms with E-state index in [0.717, 1.165) is 67.5 Å². The summed E-state index contributed by atoms with van der Waals surface area (Å²) in [5.41, 5.74) is 22.4. The topological polar surface area (TPSA) is 117 Å². The molecule has 0 saturated heterocycles. The first-order chi connectivity index (χ1) is 23.0. The minimum absolute atomic E-state index is 0.378. The Morgan fingerprint density at radius 2 is 0.745 bits per heavy atom. The van der Waals surface area contributed by atoms with E-state index in [1.54, 1.807) is 14.2 Å². The molecule has 1 aliphatic carbocycles. The number of ether oxygens (including phenoxy) is 7. The van der Waals surface area contributed by atoms with Gasteiger partial charge in [0.2, 0.25) is 0 Å². The number of benzene rings is 4. The number of rotatable bonds is 2. The molecule has 0 spiro atoms. The third-order valence-corrected chi connectivity index (χ3v) is 8.51. The molecule has 9 heteroatoms. The first-order valence-corrected chi connectivity index (χ1v) is 16.1. The van der Waals surface area contributed by atoms with Gasteiger partial charge in [-0.25, -0.2) is 0 Å². The molecule has 0 fully saturated rings. The fourth-order valence-electron chi connectivity index (χ4n) is 6.58. The molecule has 0 amide bonds. The standard InChI is InChI=1S/C38H44N2O7/c1-41-35-29-17-25-5-3-7-27-19-31-23-34(40)24-32(36(31)42-2)20-28-8-4-6-26(18-30(35)22-33(39)21-29)38(28)47-16-14-45-12-10-43-9-11-44-13-15-46-37(25)27/h3-8,21-24H,9-20,39-40H2,1-2H3. The summed E-state index contributed by atoms with van der Waals surface area (Å²) in [6.07, 6.45) is 2.22. The summed E-state index contributed by atoms with van der Waals surface area (Å²) in [4.78, 5) is 0. The van der Waals surface area contributed by atoms with Gasteiger partial charge in [-0.3, -0.25) is 0 Å². The number of methoxy groups -OCH3 is 2. The highest BCUT2D eigenvalue weighted by Gasteiger charge is 2.22. The van der Waals surface area contributed by atoms with Gasteiger partial charge in [0, 0.05) is 59.3 Å². The van der Waals surface area contributed by atoms with Crippen LogP contribution in [0.1, 0.15) is 44.5 Å². The van der Waals surface area contributed by atoms with Crippen molar-refractivity contribution in [2.45, 2.75) is 25.7 Å². The van der Waals surface area contributed by atoms with Gasteiger partial charge in [-0.1, -0.05) is 36.4 Å². The predicted octanol–water partition coefficient (Wildman–Crippen LogP) is 5.37. The number of anilines is 2. The van der Waals surface area contributed by atoms with Crippen LogP contribution in [0, 0.1) is 0 Å². The van der Waals surface area contributed by atoms with E-state index in [1.807, 2.05) is 24.3 Å². The molecule has 1 aliphatic heterocycles. The highest BCUT2D eigenvalue weighted by atomic mass is 16.6. The van der Waals surface area contributed by atoms with E-state index < -0.39 is 0 Å². The smallest absolute Gasteiger partial charge is 0.126 e. The van der Waals surface area contributed by atoms with E-state index in [-0.39, 0.29) is 0 Å². The second-order valence-electron chi connectivity index (χ2n) is 11.8. The third kappa shape index (κ3) is 7.76. The van der Waals surface area contributed by atoms with Gasteiger partial charge >= 0.3 is 0 Å². The van der Waals surface area contributed by atoms with Crippen molar-refractivity contribution in [3.8, 4) is 23.0 Å². The lowest BCUT2D eigenvalue weighted by molar-refractivity contribution is 0.00484. The van der Waals surface area contributed by atoms with Crippen molar-refractivity contribution in [3.63, 3.8) is 0 Å². The average molecular weight is 641 g/mol. The van der Waals surface area contributed by atoms with Crippen molar-refractivity contribution in [2.75, 3.05) is 78.5 Å². The number of para-hydroxylation sites is 2. The van der Waals surface area contributed by atoms with Crippen LogP contribution < -0.4 is 30.4 Å². The minimum atomic E-state index is 0.378. The zero-order chi connectivity index (χ0) is 32.6. The lowest BCUT2D eigenvalue weighted by Crippen LogP contribution is -2.16. The van der Waals surface area contributed by atoms with Crippen LogP contribution in [0.5, 0.6) is 23.0 Å². The van der Waals surface area contributed by atoms with Crippen LogP contribution in [-0.2, 0) is 39.9 Å². The van der Waals surface area contributed by atoms with Crippen LogP contribution in [0.4, 0.5) is 11.4 Å². The summed E-state index contributed by atoms with van der Waals surface area (Å²) in [5.74, 6) is 3.20. The molecule has 4 aromatic rings. The van der Waals surface area contributed by atoms with E-state index in [9.17, 15) is 0 Å². The van der Waals surface area contributed by atoms with Gasteiger partial charge in [-0.05, 0) is 46.5 Å². The third-order valence-electron chi connectivity index (χ3n) is 8.51. The van der Waals surface area contributed by atoms with Gasteiger partial charge in [-0.2, -0.15) is 0 Å². The Balaban J connectivity index is 1.56. The summed E-state index contributed by atoms with van der Waals surface area (Å²) in [5, 5.41) is 0. The molecular formula is C38H44N2O7. The quantitative estimate of drug-likeness (QED) is 0.246. The largest absolute Gasteiger partial charge is 0.496 e. The number of nitrogen functional groups attached to an aromatic ring is 2. The molecule has 9 nitrogen and oxygen atoms in total. The molecular weight excluding hydrogens is 596 g/mol. The normalized spacial score (nSPS) is 16.0. The van der Waals surface area contributed by atoms with Gasteiger partial charge in [0.25, 0.3) is 0 Å². The maximum atomic E-state index is 6.55. The van der Waals surface area contributed by atoms with Crippen molar-refractivity contribution >= 4 is 11.4 Å². The molecule has 6 rings (SSSR count). The molecule has 0 saturated carbocycles. The van der Waals surface area contributed by atoms with E-state index in [1.165, 1.54) is 0 Å². The minimum Gasteiger partial charge on any atom is -0.496 e. The maximum Gasteiger partial charge on any atom is 0.126 e. The fraction of sp³-hybridized carbons (Fsp3) is 0.368. The number of hydrogen-bond acceptors (Lipinski definition) is 9. The van der Waals surface area contributed by atoms with E-state index in [2.05, 4.69) is 36.4 Å². The SMILES string of the molecule is COc1c2cc(N)cc1Cc1cccc3c1OCCOCCOCCOCCOc1c(cccc1Cc1cc(N)cc(c1OC)C3)C2. The Morgan fingerprint density at radius 3 is 1.04 bits per heavy atom. The van der Waals surface area contributed by atoms with Crippen molar-refractivity contribution in [1.82, 2.24) is 0 Å². The van der Waals surface area contributed by atoms with Gasteiger partial charge in [0.1, 0.15) is 36.2 Å². The van der Waals surface area contributed by atoms with Crippen LogP contribution in [0.25, 0.3) is 0 Å². The lowest BCUT2D eigenvalue weighted by Gasteiger charge is -2.22. The summed E-state index contributed by atoms with van der Waals surface area (Å²) >= 11 is 0.